The van der Waals surface area contributed by atoms with Gasteiger partial charge in [0.25, 0.3) is 0 Å². The fraction of sp³-hybridized carbons (Fsp3) is 0.650. The molecular formula is C20H30N4O. The van der Waals surface area contributed by atoms with Crippen LogP contribution in [0.25, 0.3) is 0 Å². The first-order chi connectivity index (χ1) is 12.2. The Bertz CT molecular complexity index is 611. The molecule has 1 aromatic rings. The lowest BCUT2D eigenvalue weighted by atomic mass is 10.0. The summed E-state index contributed by atoms with van der Waals surface area (Å²) >= 11 is 0. The van der Waals surface area contributed by atoms with E-state index in [0.717, 1.165) is 39.3 Å². The number of amides is 1. The van der Waals surface area contributed by atoms with E-state index in [1.54, 1.807) is 0 Å². The van der Waals surface area contributed by atoms with Crippen molar-refractivity contribution in [1.82, 2.24) is 15.1 Å². The smallest absolute Gasteiger partial charge is 0.237 e. The number of rotatable bonds is 3. The average molecular weight is 342 g/mol. The zero-order valence-corrected chi connectivity index (χ0v) is 15.3. The van der Waals surface area contributed by atoms with Gasteiger partial charge in [0.1, 0.15) is 0 Å². The third-order valence-corrected chi connectivity index (χ3v) is 6.10. The molecule has 0 aliphatic carbocycles. The third kappa shape index (κ3) is 3.53. The first-order valence-electron chi connectivity index (χ1n) is 9.79. The van der Waals surface area contributed by atoms with Crippen LogP contribution in [0.4, 0.5) is 5.69 Å². The highest BCUT2D eigenvalue weighted by Gasteiger charge is 2.31. The minimum Gasteiger partial charge on any atom is -0.368 e. The number of benzene rings is 1. The molecule has 2 fully saturated rings. The number of anilines is 1. The van der Waals surface area contributed by atoms with Crippen LogP contribution in [0.1, 0.15) is 25.3 Å². The molecule has 1 unspecified atom stereocenters. The Labute approximate surface area is 151 Å². The van der Waals surface area contributed by atoms with Crippen LogP contribution in [0.3, 0.4) is 0 Å². The SMILES string of the molecule is CC1CNCCN1C(=O)CN1CCC(N2CCc3ccccc32)CC1. The summed E-state index contributed by atoms with van der Waals surface area (Å²) in [5, 5.41) is 3.36. The molecule has 4 rings (SSSR count). The molecule has 0 aromatic heterocycles. The van der Waals surface area contributed by atoms with E-state index in [0.29, 0.717) is 24.5 Å². The van der Waals surface area contributed by atoms with Crippen molar-refractivity contribution < 1.29 is 4.79 Å². The lowest BCUT2D eigenvalue weighted by Crippen LogP contribution is -2.55. The highest BCUT2D eigenvalue weighted by Crippen LogP contribution is 2.32. The number of piperidine rings is 1. The Morgan fingerprint density at radius 3 is 2.76 bits per heavy atom. The van der Waals surface area contributed by atoms with E-state index in [1.165, 1.54) is 30.5 Å². The molecule has 25 heavy (non-hydrogen) atoms. The fourth-order valence-electron chi connectivity index (χ4n) is 4.63. The second-order valence-electron chi connectivity index (χ2n) is 7.72. The molecule has 0 bridgehead atoms. The van der Waals surface area contributed by atoms with Gasteiger partial charge in [0.2, 0.25) is 5.91 Å². The topological polar surface area (TPSA) is 38.8 Å². The summed E-state index contributed by atoms with van der Waals surface area (Å²) in [6.07, 6.45) is 3.51. The third-order valence-electron chi connectivity index (χ3n) is 6.10. The summed E-state index contributed by atoms with van der Waals surface area (Å²) in [7, 11) is 0. The van der Waals surface area contributed by atoms with Crippen LogP contribution >= 0.6 is 0 Å². The molecule has 1 N–H and O–H groups in total. The number of piperazine rings is 1. The summed E-state index contributed by atoms with van der Waals surface area (Å²) < 4.78 is 0. The second-order valence-corrected chi connectivity index (χ2v) is 7.72. The normalized spacial score (nSPS) is 25.2. The van der Waals surface area contributed by atoms with Crippen LogP contribution in [-0.2, 0) is 11.2 Å². The molecule has 0 spiro atoms. The Kier molecular flexibility index (Phi) is 4.95. The zero-order chi connectivity index (χ0) is 17.2. The standard InChI is InChI=1S/C20H30N4O/c1-16-14-21-9-13-23(16)20(25)15-22-10-7-18(8-11-22)24-12-6-17-4-2-3-5-19(17)24/h2-5,16,18,21H,6-15H2,1H3. The number of fused-ring (bicyclic) bond motifs is 1. The number of likely N-dealkylation sites (tertiary alicyclic amines) is 1. The fourth-order valence-corrected chi connectivity index (χ4v) is 4.63. The van der Waals surface area contributed by atoms with Crippen LogP contribution < -0.4 is 10.2 Å². The molecule has 1 amide bonds. The maximum Gasteiger partial charge on any atom is 0.237 e. The number of carbonyl (C=O) groups excluding carboxylic acids is 1. The van der Waals surface area contributed by atoms with Gasteiger partial charge < -0.3 is 15.1 Å². The molecule has 3 aliphatic heterocycles. The Balaban J connectivity index is 1.29. The van der Waals surface area contributed by atoms with Crippen molar-refractivity contribution in [2.45, 2.75) is 38.3 Å². The number of hydrogen-bond donors (Lipinski definition) is 1. The van der Waals surface area contributed by atoms with E-state index >= 15 is 0 Å². The van der Waals surface area contributed by atoms with Crippen molar-refractivity contribution in [3.05, 3.63) is 29.8 Å². The monoisotopic (exact) mass is 342 g/mol. The van der Waals surface area contributed by atoms with Crippen LogP contribution in [0.2, 0.25) is 0 Å². The lowest BCUT2D eigenvalue weighted by Gasteiger charge is -2.39. The number of nitrogens with zero attached hydrogens (tertiary/aromatic N) is 3. The first kappa shape index (κ1) is 16.9. The number of para-hydroxylation sites is 1. The molecule has 5 nitrogen and oxygen atoms in total. The molecule has 136 valence electrons. The summed E-state index contributed by atoms with van der Waals surface area (Å²) in [6, 6.07) is 9.78. The van der Waals surface area contributed by atoms with Crippen molar-refractivity contribution >= 4 is 11.6 Å². The van der Waals surface area contributed by atoms with Crippen molar-refractivity contribution in [3.63, 3.8) is 0 Å². The Morgan fingerprint density at radius 1 is 1.16 bits per heavy atom. The maximum atomic E-state index is 12.6. The molecule has 3 aliphatic rings. The van der Waals surface area contributed by atoms with E-state index in [9.17, 15) is 4.79 Å². The van der Waals surface area contributed by atoms with E-state index in [-0.39, 0.29) is 0 Å². The largest absolute Gasteiger partial charge is 0.368 e. The number of hydrogen-bond acceptors (Lipinski definition) is 4. The Hall–Kier alpha value is -1.59. The summed E-state index contributed by atoms with van der Waals surface area (Å²) in [5.41, 5.74) is 2.93. The molecule has 1 aromatic carbocycles. The van der Waals surface area contributed by atoms with Gasteiger partial charge in [-0.15, -0.1) is 0 Å². The number of nitrogens with one attached hydrogen (secondary N) is 1. The maximum absolute atomic E-state index is 12.6. The van der Waals surface area contributed by atoms with Gasteiger partial charge in [-0.05, 0) is 37.8 Å². The van der Waals surface area contributed by atoms with Crippen LogP contribution in [-0.4, -0.2) is 73.6 Å². The highest BCUT2D eigenvalue weighted by atomic mass is 16.2. The minimum atomic E-state index is 0.305. The zero-order valence-electron chi connectivity index (χ0n) is 15.3. The van der Waals surface area contributed by atoms with Gasteiger partial charge in [0.05, 0.1) is 6.54 Å². The van der Waals surface area contributed by atoms with Crippen molar-refractivity contribution in [3.8, 4) is 0 Å². The molecule has 0 radical (unpaired) electrons. The van der Waals surface area contributed by atoms with E-state index < -0.39 is 0 Å². The molecule has 0 saturated carbocycles. The summed E-state index contributed by atoms with van der Waals surface area (Å²) in [6.45, 7) is 8.65. The molecule has 2 saturated heterocycles. The van der Waals surface area contributed by atoms with Gasteiger partial charge in [-0.25, -0.2) is 0 Å². The quantitative estimate of drug-likeness (QED) is 0.900. The summed E-state index contributed by atoms with van der Waals surface area (Å²) in [5.74, 6) is 0.305. The van der Waals surface area contributed by atoms with Crippen LogP contribution in [0.5, 0.6) is 0 Å². The minimum absolute atomic E-state index is 0.305. The predicted octanol–water partition coefficient (Wildman–Crippen LogP) is 1.33. The second kappa shape index (κ2) is 7.34. The van der Waals surface area contributed by atoms with Gasteiger partial charge in [-0.1, -0.05) is 18.2 Å². The van der Waals surface area contributed by atoms with Gasteiger partial charge in [0.15, 0.2) is 0 Å². The van der Waals surface area contributed by atoms with Gasteiger partial charge in [0, 0.05) is 57.0 Å². The Morgan fingerprint density at radius 2 is 1.96 bits per heavy atom. The molecule has 1 atom stereocenters. The van der Waals surface area contributed by atoms with Crippen LogP contribution in [0, 0.1) is 0 Å². The number of carbonyl (C=O) groups is 1. The van der Waals surface area contributed by atoms with E-state index in [4.69, 9.17) is 0 Å². The highest BCUT2D eigenvalue weighted by molar-refractivity contribution is 5.78. The van der Waals surface area contributed by atoms with Crippen molar-refractivity contribution in [1.29, 1.82) is 0 Å². The summed E-state index contributed by atoms with van der Waals surface area (Å²) in [4.78, 5) is 19.6. The van der Waals surface area contributed by atoms with E-state index in [1.807, 2.05) is 0 Å². The van der Waals surface area contributed by atoms with Crippen molar-refractivity contribution in [2.24, 2.45) is 0 Å². The molecular weight excluding hydrogens is 312 g/mol. The van der Waals surface area contributed by atoms with Crippen LogP contribution in [0.15, 0.2) is 24.3 Å². The van der Waals surface area contributed by atoms with Gasteiger partial charge in [-0.3, -0.25) is 9.69 Å². The lowest BCUT2D eigenvalue weighted by molar-refractivity contribution is -0.135. The van der Waals surface area contributed by atoms with Gasteiger partial charge in [-0.2, -0.15) is 0 Å². The predicted molar refractivity (Wildman–Crippen MR) is 101 cm³/mol. The van der Waals surface area contributed by atoms with E-state index in [2.05, 4.69) is 51.2 Å². The van der Waals surface area contributed by atoms with Crippen molar-refractivity contribution in [2.75, 3.05) is 50.7 Å². The molecule has 5 heteroatoms. The average Bonchev–Trinajstić information content (AvgIpc) is 3.07. The molecule has 3 heterocycles. The van der Waals surface area contributed by atoms with Gasteiger partial charge >= 0.3 is 0 Å². The first-order valence-corrected chi connectivity index (χ1v) is 9.79.